The van der Waals surface area contributed by atoms with Crippen LogP contribution in [0.5, 0.6) is 0 Å². The van der Waals surface area contributed by atoms with Crippen molar-refractivity contribution in [3.63, 3.8) is 0 Å². The van der Waals surface area contributed by atoms with Gasteiger partial charge >= 0.3 is 0 Å². The first-order valence-corrected chi connectivity index (χ1v) is 5.53. The number of hydrogen-bond acceptors (Lipinski definition) is 4. The van der Waals surface area contributed by atoms with Gasteiger partial charge in [-0.2, -0.15) is 0 Å². The molecule has 0 saturated heterocycles. The maximum absolute atomic E-state index is 5.42. The van der Waals surface area contributed by atoms with Crippen molar-refractivity contribution in [2.75, 3.05) is 11.5 Å². The summed E-state index contributed by atoms with van der Waals surface area (Å²) in [6.45, 7) is 2.20. The van der Waals surface area contributed by atoms with E-state index in [1.54, 1.807) is 17.8 Å². The number of rotatable bonds is 5. The van der Waals surface area contributed by atoms with Crippen molar-refractivity contribution in [1.82, 2.24) is 10.2 Å². The minimum absolute atomic E-state index is 0.484. The second kappa shape index (κ2) is 5.80. The van der Waals surface area contributed by atoms with Crippen molar-refractivity contribution >= 4 is 17.6 Å². The first-order valence-electron chi connectivity index (χ1n) is 4.55. The average molecular weight is 197 g/mol. The molecule has 4 heteroatoms. The summed E-state index contributed by atoms with van der Waals surface area (Å²) in [4.78, 5) is 0. The molecule has 3 nitrogen and oxygen atoms in total. The van der Waals surface area contributed by atoms with Crippen molar-refractivity contribution in [2.45, 2.75) is 31.2 Å². The molecule has 0 amide bonds. The lowest BCUT2D eigenvalue weighted by molar-refractivity contribution is 0.777. The minimum Gasteiger partial charge on any atom is -0.382 e. The van der Waals surface area contributed by atoms with Crippen molar-refractivity contribution in [2.24, 2.45) is 0 Å². The molecule has 0 aliphatic carbocycles. The zero-order valence-corrected chi connectivity index (χ0v) is 8.68. The van der Waals surface area contributed by atoms with Gasteiger partial charge in [0.15, 0.2) is 0 Å². The molecule has 0 aliphatic rings. The van der Waals surface area contributed by atoms with Crippen LogP contribution in [-0.4, -0.2) is 16.0 Å². The molecule has 0 unspecified atom stereocenters. The second-order valence-corrected chi connectivity index (χ2v) is 3.97. The topological polar surface area (TPSA) is 51.8 Å². The standard InChI is InChI=1S/C9H15N3S/c1-2-3-4-7-13-9-6-5-8(10)11-12-9/h5-6H,2-4,7H2,1H3,(H2,10,11). The average Bonchev–Trinajstić information content (AvgIpc) is 2.15. The Morgan fingerprint density at radius 2 is 2.15 bits per heavy atom. The third-order valence-corrected chi connectivity index (χ3v) is 2.66. The lowest BCUT2D eigenvalue weighted by Crippen LogP contribution is -1.93. The number of nitrogen functional groups attached to an aromatic ring is 1. The number of aromatic nitrogens is 2. The van der Waals surface area contributed by atoms with Gasteiger partial charge in [-0.05, 0) is 24.3 Å². The van der Waals surface area contributed by atoms with Crippen LogP contribution in [0.15, 0.2) is 17.2 Å². The molecule has 0 fully saturated rings. The monoisotopic (exact) mass is 197 g/mol. The highest BCUT2D eigenvalue weighted by molar-refractivity contribution is 7.99. The summed E-state index contributed by atoms with van der Waals surface area (Å²) in [5.41, 5.74) is 5.42. The Balaban J connectivity index is 2.25. The molecule has 1 heterocycles. The molecule has 0 aromatic carbocycles. The molecule has 2 N–H and O–H groups in total. The lowest BCUT2D eigenvalue weighted by Gasteiger charge is -1.98. The molecular weight excluding hydrogens is 182 g/mol. The maximum Gasteiger partial charge on any atom is 0.146 e. The zero-order chi connectivity index (χ0) is 9.52. The Morgan fingerprint density at radius 1 is 1.31 bits per heavy atom. The smallest absolute Gasteiger partial charge is 0.146 e. The third kappa shape index (κ3) is 4.12. The third-order valence-electron chi connectivity index (χ3n) is 1.66. The van der Waals surface area contributed by atoms with Gasteiger partial charge in [0.2, 0.25) is 0 Å². The van der Waals surface area contributed by atoms with Gasteiger partial charge in [-0.25, -0.2) is 0 Å². The summed E-state index contributed by atoms with van der Waals surface area (Å²) in [7, 11) is 0. The van der Waals surface area contributed by atoms with Crippen molar-refractivity contribution in [3.8, 4) is 0 Å². The number of hydrogen-bond donors (Lipinski definition) is 1. The van der Waals surface area contributed by atoms with Crippen LogP contribution in [0.3, 0.4) is 0 Å². The van der Waals surface area contributed by atoms with E-state index in [0.29, 0.717) is 5.82 Å². The quantitative estimate of drug-likeness (QED) is 0.581. The molecule has 0 atom stereocenters. The van der Waals surface area contributed by atoms with E-state index in [4.69, 9.17) is 5.73 Å². The van der Waals surface area contributed by atoms with Crippen molar-refractivity contribution in [1.29, 1.82) is 0 Å². The van der Waals surface area contributed by atoms with E-state index in [1.165, 1.54) is 19.3 Å². The highest BCUT2D eigenvalue weighted by Crippen LogP contribution is 2.16. The molecule has 1 rings (SSSR count). The number of nitrogens with two attached hydrogens (primary N) is 1. The van der Waals surface area contributed by atoms with Crippen LogP contribution in [0.4, 0.5) is 5.82 Å². The van der Waals surface area contributed by atoms with Crippen LogP contribution in [-0.2, 0) is 0 Å². The van der Waals surface area contributed by atoms with Crippen LogP contribution in [0.25, 0.3) is 0 Å². The molecule has 0 saturated carbocycles. The Kier molecular flexibility index (Phi) is 4.60. The van der Waals surface area contributed by atoms with E-state index in [-0.39, 0.29) is 0 Å². The molecule has 0 bridgehead atoms. The summed E-state index contributed by atoms with van der Waals surface area (Å²) >= 11 is 1.74. The minimum atomic E-state index is 0.484. The molecule has 13 heavy (non-hydrogen) atoms. The van der Waals surface area contributed by atoms with Gasteiger partial charge in [-0.1, -0.05) is 19.8 Å². The van der Waals surface area contributed by atoms with E-state index < -0.39 is 0 Å². The summed E-state index contributed by atoms with van der Waals surface area (Å²) in [5.74, 6) is 1.60. The highest BCUT2D eigenvalue weighted by atomic mass is 32.2. The van der Waals surface area contributed by atoms with Gasteiger partial charge in [-0.3, -0.25) is 0 Å². The van der Waals surface area contributed by atoms with Gasteiger partial charge in [0.25, 0.3) is 0 Å². The van der Waals surface area contributed by atoms with Crippen molar-refractivity contribution < 1.29 is 0 Å². The van der Waals surface area contributed by atoms with E-state index in [9.17, 15) is 0 Å². The Labute approximate surface area is 83.1 Å². The number of anilines is 1. The molecule has 0 spiro atoms. The van der Waals surface area contributed by atoms with E-state index in [2.05, 4.69) is 17.1 Å². The number of thioether (sulfide) groups is 1. The molecule has 1 aromatic heterocycles. The Hall–Kier alpha value is -0.770. The van der Waals surface area contributed by atoms with Gasteiger partial charge in [0.05, 0.1) is 0 Å². The maximum atomic E-state index is 5.42. The predicted octanol–water partition coefficient (Wildman–Crippen LogP) is 2.34. The Bertz CT molecular complexity index is 235. The second-order valence-electron chi connectivity index (χ2n) is 2.85. The van der Waals surface area contributed by atoms with Gasteiger partial charge in [-0.15, -0.1) is 22.0 Å². The fraction of sp³-hybridized carbons (Fsp3) is 0.556. The summed E-state index contributed by atoms with van der Waals surface area (Å²) < 4.78 is 0. The van der Waals surface area contributed by atoms with E-state index >= 15 is 0 Å². The summed E-state index contributed by atoms with van der Waals surface area (Å²) in [6.07, 6.45) is 3.79. The van der Waals surface area contributed by atoms with Crippen LogP contribution in [0, 0.1) is 0 Å². The fourth-order valence-corrected chi connectivity index (χ4v) is 1.76. The van der Waals surface area contributed by atoms with Crippen LogP contribution in [0.1, 0.15) is 26.2 Å². The van der Waals surface area contributed by atoms with E-state index in [0.717, 1.165) is 10.8 Å². The van der Waals surface area contributed by atoms with Gasteiger partial charge < -0.3 is 5.73 Å². The fourth-order valence-electron chi connectivity index (χ4n) is 0.936. The van der Waals surface area contributed by atoms with E-state index in [1.807, 2.05) is 6.07 Å². The SMILES string of the molecule is CCCCCSc1ccc(N)nn1. The van der Waals surface area contributed by atoms with Gasteiger partial charge in [0, 0.05) is 0 Å². The largest absolute Gasteiger partial charge is 0.382 e. The summed E-state index contributed by atoms with van der Waals surface area (Å²) in [5, 5.41) is 8.71. The molecular formula is C9H15N3S. The normalized spacial score (nSPS) is 10.2. The number of nitrogens with zero attached hydrogens (tertiary/aromatic N) is 2. The zero-order valence-electron chi connectivity index (χ0n) is 7.86. The number of unbranched alkanes of at least 4 members (excludes halogenated alkanes) is 2. The van der Waals surface area contributed by atoms with Crippen LogP contribution >= 0.6 is 11.8 Å². The predicted molar refractivity (Wildman–Crippen MR) is 56.7 cm³/mol. The molecule has 1 aromatic rings. The molecule has 0 aliphatic heterocycles. The molecule has 72 valence electrons. The van der Waals surface area contributed by atoms with Crippen LogP contribution < -0.4 is 5.73 Å². The van der Waals surface area contributed by atoms with Gasteiger partial charge in [0.1, 0.15) is 10.8 Å². The first-order chi connectivity index (χ1) is 6.33. The first kappa shape index (κ1) is 10.3. The summed E-state index contributed by atoms with van der Waals surface area (Å²) in [6, 6.07) is 3.70. The highest BCUT2D eigenvalue weighted by Gasteiger charge is 1.95. The van der Waals surface area contributed by atoms with Crippen LogP contribution in [0.2, 0.25) is 0 Å². The van der Waals surface area contributed by atoms with Crippen molar-refractivity contribution in [3.05, 3.63) is 12.1 Å². The lowest BCUT2D eigenvalue weighted by atomic mass is 10.3. The Morgan fingerprint density at radius 3 is 2.77 bits per heavy atom. The molecule has 0 radical (unpaired) electrons.